The molecule has 0 spiro atoms. The molecule has 3 aromatic heterocycles. The van der Waals surface area contributed by atoms with Gasteiger partial charge in [-0.3, -0.25) is 4.40 Å². The first-order chi connectivity index (χ1) is 11.5. The molecule has 0 unspecified atom stereocenters. The van der Waals surface area contributed by atoms with Crippen molar-refractivity contribution in [2.24, 2.45) is 0 Å². The molecule has 0 atom stereocenters. The van der Waals surface area contributed by atoms with Gasteiger partial charge in [-0.05, 0) is 61.9 Å². The van der Waals surface area contributed by atoms with Crippen molar-refractivity contribution in [3.8, 4) is 0 Å². The maximum absolute atomic E-state index is 4.47. The Hall–Kier alpha value is -1.85. The van der Waals surface area contributed by atoms with E-state index < -0.39 is 0 Å². The number of hydrogen-bond acceptors (Lipinski definition) is 4. The average Bonchev–Trinajstić information content (AvgIpc) is 3.09. The molecule has 3 heterocycles. The van der Waals surface area contributed by atoms with Gasteiger partial charge in [0.1, 0.15) is 10.9 Å². The van der Waals surface area contributed by atoms with E-state index in [4.69, 9.17) is 0 Å². The Morgan fingerprint density at radius 1 is 1.00 bits per heavy atom. The zero-order valence-corrected chi connectivity index (χ0v) is 15.9. The summed E-state index contributed by atoms with van der Waals surface area (Å²) in [6, 6.07) is 8.91. The highest BCUT2D eigenvalue weighted by atomic mass is 32.2. The summed E-state index contributed by atoms with van der Waals surface area (Å²) in [6.07, 6.45) is 0. The van der Waals surface area contributed by atoms with Gasteiger partial charge in [0.15, 0.2) is 0 Å². The van der Waals surface area contributed by atoms with Crippen molar-refractivity contribution in [3.05, 3.63) is 57.7 Å². The molecule has 0 fully saturated rings. The molecule has 0 N–H and O–H groups in total. The van der Waals surface area contributed by atoms with Crippen LogP contribution in [0.2, 0.25) is 0 Å². The van der Waals surface area contributed by atoms with Crippen LogP contribution in [0.4, 0.5) is 0 Å². The lowest BCUT2D eigenvalue weighted by atomic mass is 10.0. The Morgan fingerprint density at radius 2 is 1.75 bits per heavy atom. The molecule has 0 aliphatic heterocycles. The number of hydrogen-bond donors (Lipinski definition) is 0. The number of aromatic nitrogens is 3. The molecule has 122 valence electrons. The molecule has 24 heavy (non-hydrogen) atoms. The van der Waals surface area contributed by atoms with Gasteiger partial charge in [0.2, 0.25) is 0 Å². The predicted molar refractivity (Wildman–Crippen MR) is 103 cm³/mol. The summed E-state index contributed by atoms with van der Waals surface area (Å²) >= 11 is 3.54. The second-order valence-electron chi connectivity index (χ2n) is 6.25. The van der Waals surface area contributed by atoms with Crippen molar-refractivity contribution in [1.82, 2.24) is 14.6 Å². The molecule has 0 saturated carbocycles. The van der Waals surface area contributed by atoms with Crippen LogP contribution in [0, 0.1) is 27.7 Å². The number of thioether (sulfide) groups is 1. The molecule has 0 radical (unpaired) electrons. The largest absolute Gasteiger partial charge is 0.293 e. The monoisotopic (exact) mass is 353 g/mol. The van der Waals surface area contributed by atoms with Crippen LogP contribution in [-0.2, 0) is 5.75 Å². The smallest absolute Gasteiger partial charge is 0.143 e. The highest BCUT2D eigenvalue weighted by Crippen LogP contribution is 2.33. The maximum Gasteiger partial charge on any atom is 0.143 e. The van der Waals surface area contributed by atoms with Crippen LogP contribution in [0.25, 0.3) is 15.7 Å². The topological polar surface area (TPSA) is 30.2 Å². The molecule has 5 heteroatoms. The standard InChI is InChI=1S/C19H19N3S2/c1-11-7-12(2)15(13(3)8-11)10-24-19-17-9-18-16(5-6-23-18)22(17)14(4)20-21-19/h5-9H,10H2,1-4H3. The number of aryl methyl sites for hydroxylation is 4. The first-order valence-corrected chi connectivity index (χ1v) is 9.82. The van der Waals surface area contributed by atoms with E-state index in [1.54, 1.807) is 23.1 Å². The summed E-state index contributed by atoms with van der Waals surface area (Å²) in [4.78, 5) is 0. The van der Waals surface area contributed by atoms with E-state index in [0.29, 0.717) is 0 Å². The quantitative estimate of drug-likeness (QED) is 0.458. The Balaban J connectivity index is 1.74. The lowest BCUT2D eigenvalue weighted by Crippen LogP contribution is -2.00. The zero-order chi connectivity index (χ0) is 16.8. The highest BCUT2D eigenvalue weighted by Gasteiger charge is 2.13. The summed E-state index contributed by atoms with van der Waals surface area (Å²) < 4.78 is 3.51. The normalized spacial score (nSPS) is 11.7. The SMILES string of the molecule is Cc1cc(C)c(CSc2nnc(C)n3c2cc2sccc23)c(C)c1. The van der Waals surface area contributed by atoms with Gasteiger partial charge in [0, 0.05) is 5.75 Å². The van der Waals surface area contributed by atoms with Crippen molar-refractivity contribution in [1.29, 1.82) is 0 Å². The van der Waals surface area contributed by atoms with Crippen LogP contribution < -0.4 is 0 Å². The van der Waals surface area contributed by atoms with Crippen molar-refractivity contribution in [2.75, 3.05) is 0 Å². The van der Waals surface area contributed by atoms with Crippen molar-refractivity contribution in [2.45, 2.75) is 38.5 Å². The second kappa shape index (κ2) is 5.90. The van der Waals surface area contributed by atoms with Gasteiger partial charge in [-0.1, -0.05) is 29.5 Å². The molecule has 1 aromatic carbocycles. The number of thiophene rings is 1. The number of benzene rings is 1. The lowest BCUT2D eigenvalue weighted by Gasteiger charge is -2.11. The van der Waals surface area contributed by atoms with E-state index >= 15 is 0 Å². The maximum atomic E-state index is 4.47. The van der Waals surface area contributed by atoms with Gasteiger partial charge in [-0.2, -0.15) is 0 Å². The molecule has 0 aliphatic rings. The molecule has 0 amide bonds. The third-order valence-electron chi connectivity index (χ3n) is 4.44. The second-order valence-corrected chi connectivity index (χ2v) is 8.17. The number of nitrogens with zero attached hydrogens (tertiary/aromatic N) is 3. The van der Waals surface area contributed by atoms with E-state index in [1.807, 2.05) is 6.92 Å². The van der Waals surface area contributed by atoms with Crippen molar-refractivity contribution in [3.63, 3.8) is 0 Å². The third kappa shape index (κ3) is 2.52. The Kier molecular flexibility index (Phi) is 3.85. The van der Waals surface area contributed by atoms with E-state index in [9.17, 15) is 0 Å². The molecular formula is C19H19N3S2. The molecule has 4 aromatic rings. The fraction of sp³-hybridized carbons (Fsp3) is 0.263. The summed E-state index contributed by atoms with van der Waals surface area (Å²) in [5.41, 5.74) is 7.83. The van der Waals surface area contributed by atoms with E-state index in [2.05, 4.69) is 65.0 Å². The van der Waals surface area contributed by atoms with Gasteiger partial charge >= 0.3 is 0 Å². The van der Waals surface area contributed by atoms with Gasteiger partial charge < -0.3 is 0 Å². The summed E-state index contributed by atoms with van der Waals surface area (Å²) in [5, 5.41) is 12.0. The van der Waals surface area contributed by atoms with Crippen LogP contribution >= 0.6 is 23.1 Å². The highest BCUT2D eigenvalue weighted by molar-refractivity contribution is 7.98. The predicted octanol–water partition coefficient (Wildman–Crippen LogP) is 5.47. The van der Waals surface area contributed by atoms with E-state index in [-0.39, 0.29) is 0 Å². The van der Waals surface area contributed by atoms with E-state index in [1.165, 1.54) is 32.5 Å². The van der Waals surface area contributed by atoms with E-state index in [0.717, 1.165) is 22.1 Å². The number of fused-ring (bicyclic) bond motifs is 3. The summed E-state index contributed by atoms with van der Waals surface area (Å²) in [6.45, 7) is 8.55. The lowest BCUT2D eigenvalue weighted by molar-refractivity contribution is 0.836. The molecule has 0 bridgehead atoms. The third-order valence-corrected chi connectivity index (χ3v) is 6.30. The molecule has 0 aliphatic carbocycles. The summed E-state index contributed by atoms with van der Waals surface area (Å²) in [5.74, 6) is 1.86. The molecule has 4 rings (SSSR count). The molecule has 3 nitrogen and oxygen atoms in total. The first-order valence-electron chi connectivity index (χ1n) is 7.96. The molecule has 0 saturated heterocycles. The van der Waals surface area contributed by atoms with Crippen LogP contribution in [0.3, 0.4) is 0 Å². The van der Waals surface area contributed by atoms with Crippen LogP contribution in [-0.4, -0.2) is 14.6 Å². The molecular weight excluding hydrogens is 334 g/mol. The minimum Gasteiger partial charge on any atom is -0.293 e. The first kappa shape index (κ1) is 15.7. The average molecular weight is 354 g/mol. The van der Waals surface area contributed by atoms with Gasteiger partial charge in [-0.15, -0.1) is 21.5 Å². The van der Waals surface area contributed by atoms with Crippen molar-refractivity contribution >= 4 is 38.8 Å². The Bertz CT molecular complexity index is 1040. The Labute approximate surface area is 149 Å². The van der Waals surface area contributed by atoms with Gasteiger partial charge in [0.05, 0.1) is 15.7 Å². The fourth-order valence-electron chi connectivity index (χ4n) is 3.33. The number of rotatable bonds is 3. The van der Waals surface area contributed by atoms with Gasteiger partial charge in [0.25, 0.3) is 0 Å². The minimum absolute atomic E-state index is 0.921. The van der Waals surface area contributed by atoms with Crippen molar-refractivity contribution < 1.29 is 0 Å². The van der Waals surface area contributed by atoms with Crippen LogP contribution in [0.1, 0.15) is 28.1 Å². The summed E-state index contributed by atoms with van der Waals surface area (Å²) in [7, 11) is 0. The zero-order valence-electron chi connectivity index (χ0n) is 14.3. The van der Waals surface area contributed by atoms with Gasteiger partial charge in [-0.25, -0.2) is 0 Å². The Morgan fingerprint density at radius 3 is 2.50 bits per heavy atom. The van der Waals surface area contributed by atoms with Crippen LogP contribution in [0.15, 0.2) is 34.7 Å². The van der Waals surface area contributed by atoms with Crippen LogP contribution in [0.5, 0.6) is 0 Å². The fourth-order valence-corrected chi connectivity index (χ4v) is 5.26. The minimum atomic E-state index is 0.921.